The van der Waals surface area contributed by atoms with Crippen molar-refractivity contribution in [3.63, 3.8) is 0 Å². The first kappa shape index (κ1) is 14.9. The Bertz CT molecular complexity index is 950. The Balaban J connectivity index is 1.69. The molecule has 0 spiro atoms. The molecule has 1 amide bonds. The lowest BCUT2D eigenvalue weighted by atomic mass is 10.2. The Labute approximate surface area is 138 Å². The van der Waals surface area contributed by atoms with Crippen LogP contribution in [0, 0.1) is 0 Å². The maximum Gasteiger partial charge on any atom is 0.352 e. The highest BCUT2D eigenvalue weighted by Crippen LogP contribution is 2.14. The van der Waals surface area contributed by atoms with Crippen LogP contribution >= 0.6 is 0 Å². The number of carbonyl (C=O) groups is 1. The van der Waals surface area contributed by atoms with Gasteiger partial charge in [-0.2, -0.15) is 0 Å². The minimum Gasteiger partial charge on any atom is -0.341 e. The first-order chi connectivity index (χ1) is 11.7. The molecule has 0 unspecified atom stereocenters. The molecule has 24 heavy (non-hydrogen) atoms. The van der Waals surface area contributed by atoms with E-state index in [1.54, 1.807) is 0 Å². The number of nitrogens with zero attached hydrogens (tertiary/aromatic N) is 5. The second kappa shape index (κ2) is 6.07. The number of rotatable bonds is 2. The van der Waals surface area contributed by atoms with Crippen LogP contribution in [-0.4, -0.2) is 43.1 Å². The molecule has 7 heteroatoms. The van der Waals surface area contributed by atoms with Gasteiger partial charge in [-0.15, -0.1) is 5.10 Å². The fraction of sp³-hybridized carbons (Fsp3) is 0.412. The molecule has 2 aromatic heterocycles. The molecule has 1 aliphatic heterocycles. The number of carbonyl (C=O) groups excluding carboxylic acids is 1. The molecule has 1 aliphatic rings. The molecule has 3 heterocycles. The van der Waals surface area contributed by atoms with E-state index in [4.69, 9.17) is 0 Å². The molecule has 1 saturated heterocycles. The van der Waals surface area contributed by atoms with Crippen molar-refractivity contribution in [1.82, 2.24) is 24.1 Å². The summed E-state index contributed by atoms with van der Waals surface area (Å²) in [5.41, 5.74) is 0.988. The number of hydrogen-bond acceptors (Lipinski definition) is 4. The molecule has 3 aromatic rings. The highest BCUT2D eigenvalue weighted by molar-refractivity contribution is 5.90. The summed E-state index contributed by atoms with van der Waals surface area (Å²) in [4.78, 5) is 31.2. The normalized spacial score (nSPS) is 15.8. The lowest BCUT2D eigenvalue weighted by Crippen LogP contribution is -2.37. The average molecular weight is 325 g/mol. The highest BCUT2D eigenvalue weighted by Gasteiger charge is 2.19. The number of para-hydroxylation sites is 1. The highest BCUT2D eigenvalue weighted by atomic mass is 16.2. The van der Waals surface area contributed by atoms with E-state index in [0.717, 1.165) is 49.7 Å². The third-order valence-electron chi connectivity index (χ3n) is 4.57. The summed E-state index contributed by atoms with van der Waals surface area (Å²) in [6.45, 7) is 1.52. The zero-order chi connectivity index (χ0) is 16.5. The first-order valence-corrected chi connectivity index (χ1v) is 8.35. The van der Waals surface area contributed by atoms with Crippen molar-refractivity contribution in [2.24, 2.45) is 0 Å². The Morgan fingerprint density at radius 3 is 2.62 bits per heavy atom. The summed E-state index contributed by atoms with van der Waals surface area (Å²) in [7, 11) is 0. The van der Waals surface area contributed by atoms with Crippen molar-refractivity contribution in [1.29, 1.82) is 0 Å². The van der Waals surface area contributed by atoms with Crippen molar-refractivity contribution >= 4 is 22.5 Å². The first-order valence-electron chi connectivity index (χ1n) is 8.35. The zero-order valence-electron chi connectivity index (χ0n) is 13.4. The van der Waals surface area contributed by atoms with Gasteiger partial charge in [-0.05, 0) is 25.0 Å². The number of amides is 1. The van der Waals surface area contributed by atoms with E-state index in [-0.39, 0.29) is 18.1 Å². The predicted molar refractivity (Wildman–Crippen MR) is 89.8 cm³/mol. The van der Waals surface area contributed by atoms with Crippen molar-refractivity contribution in [3.05, 3.63) is 41.1 Å². The number of likely N-dealkylation sites (tertiary alicyclic amines) is 1. The summed E-state index contributed by atoms with van der Waals surface area (Å²) >= 11 is 0. The summed E-state index contributed by atoms with van der Waals surface area (Å²) in [6, 6.07) is 7.53. The van der Waals surface area contributed by atoms with Crippen LogP contribution in [0.15, 0.2) is 35.4 Å². The molecular weight excluding hydrogens is 306 g/mol. The molecule has 0 aliphatic carbocycles. The molecule has 1 fully saturated rings. The lowest BCUT2D eigenvalue weighted by Gasteiger charge is -2.19. The molecule has 124 valence electrons. The average Bonchev–Trinajstić information content (AvgIpc) is 2.80. The fourth-order valence-corrected chi connectivity index (χ4v) is 3.25. The molecule has 7 nitrogen and oxygen atoms in total. The SMILES string of the molecule is O=C(Cn1nc2c3ccccc3ncn2c1=O)N1CCCCCC1. The fourth-order valence-electron chi connectivity index (χ4n) is 3.25. The third kappa shape index (κ3) is 2.55. The number of aromatic nitrogens is 4. The number of benzene rings is 1. The monoisotopic (exact) mass is 325 g/mol. The second-order valence-electron chi connectivity index (χ2n) is 6.19. The minimum absolute atomic E-state index is 0.0190. The van der Waals surface area contributed by atoms with Gasteiger partial charge in [-0.1, -0.05) is 25.0 Å². The van der Waals surface area contributed by atoms with Gasteiger partial charge in [0, 0.05) is 18.5 Å². The van der Waals surface area contributed by atoms with Gasteiger partial charge in [-0.3, -0.25) is 4.79 Å². The van der Waals surface area contributed by atoms with Crippen LogP contribution in [0.2, 0.25) is 0 Å². The molecule has 4 rings (SSSR count). The maximum atomic E-state index is 12.5. The van der Waals surface area contributed by atoms with E-state index >= 15 is 0 Å². The molecule has 0 bridgehead atoms. The number of fused-ring (bicyclic) bond motifs is 3. The summed E-state index contributed by atoms with van der Waals surface area (Å²) in [6.07, 6.45) is 5.85. The van der Waals surface area contributed by atoms with Crippen LogP contribution in [0.1, 0.15) is 25.7 Å². The Morgan fingerprint density at radius 2 is 1.83 bits per heavy atom. The van der Waals surface area contributed by atoms with Crippen LogP contribution in [0.3, 0.4) is 0 Å². The van der Waals surface area contributed by atoms with Crippen LogP contribution in [0.5, 0.6) is 0 Å². The third-order valence-corrected chi connectivity index (χ3v) is 4.57. The van der Waals surface area contributed by atoms with Crippen molar-refractivity contribution in [3.8, 4) is 0 Å². The summed E-state index contributed by atoms with van der Waals surface area (Å²) in [5, 5.41) is 5.18. The number of hydrogen-bond donors (Lipinski definition) is 0. The summed E-state index contributed by atoms with van der Waals surface area (Å²) < 4.78 is 2.65. The maximum absolute atomic E-state index is 12.5. The lowest BCUT2D eigenvalue weighted by molar-refractivity contribution is -0.132. The van der Waals surface area contributed by atoms with Crippen molar-refractivity contribution in [2.45, 2.75) is 32.2 Å². The van der Waals surface area contributed by atoms with Crippen LogP contribution < -0.4 is 5.69 Å². The van der Waals surface area contributed by atoms with E-state index < -0.39 is 0 Å². The summed E-state index contributed by atoms with van der Waals surface area (Å²) in [5.74, 6) is -0.0420. The molecule has 0 radical (unpaired) electrons. The van der Waals surface area contributed by atoms with Gasteiger partial charge >= 0.3 is 5.69 Å². The Kier molecular flexibility index (Phi) is 3.76. The standard InChI is InChI=1S/C17H19N5O2/c23-15(20-9-5-1-2-6-10-20)11-22-17(24)21-12-18-14-8-4-3-7-13(14)16(21)19-22/h3-4,7-8,12H,1-2,5-6,9-11H2. The van der Waals surface area contributed by atoms with E-state index in [9.17, 15) is 9.59 Å². The van der Waals surface area contributed by atoms with Gasteiger partial charge in [0.2, 0.25) is 5.91 Å². The quantitative estimate of drug-likeness (QED) is 0.715. The van der Waals surface area contributed by atoms with Gasteiger partial charge in [-0.25, -0.2) is 18.9 Å². The van der Waals surface area contributed by atoms with Crippen molar-refractivity contribution < 1.29 is 4.79 Å². The zero-order valence-corrected chi connectivity index (χ0v) is 13.4. The molecule has 0 N–H and O–H groups in total. The van der Waals surface area contributed by atoms with E-state index in [1.807, 2.05) is 29.2 Å². The Hall–Kier alpha value is -2.70. The topological polar surface area (TPSA) is 72.5 Å². The molecule has 1 aromatic carbocycles. The van der Waals surface area contributed by atoms with E-state index in [0.29, 0.717) is 5.65 Å². The van der Waals surface area contributed by atoms with Crippen LogP contribution in [0.25, 0.3) is 16.6 Å². The predicted octanol–water partition coefficient (Wildman–Crippen LogP) is 1.45. The van der Waals surface area contributed by atoms with E-state index in [1.165, 1.54) is 15.4 Å². The van der Waals surface area contributed by atoms with Gasteiger partial charge in [0.05, 0.1) is 5.52 Å². The molecule has 0 atom stereocenters. The van der Waals surface area contributed by atoms with Crippen molar-refractivity contribution in [2.75, 3.05) is 13.1 Å². The Morgan fingerprint density at radius 1 is 1.08 bits per heavy atom. The van der Waals surface area contributed by atoms with Crippen LogP contribution in [-0.2, 0) is 11.3 Å². The van der Waals surface area contributed by atoms with Crippen LogP contribution in [0.4, 0.5) is 0 Å². The second-order valence-corrected chi connectivity index (χ2v) is 6.19. The smallest absolute Gasteiger partial charge is 0.341 e. The minimum atomic E-state index is -0.327. The molecule has 0 saturated carbocycles. The van der Waals surface area contributed by atoms with Gasteiger partial charge in [0.15, 0.2) is 5.65 Å². The largest absolute Gasteiger partial charge is 0.352 e. The molecular formula is C17H19N5O2. The van der Waals surface area contributed by atoms with Gasteiger partial charge in [0.25, 0.3) is 0 Å². The van der Waals surface area contributed by atoms with Gasteiger partial charge in [0.1, 0.15) is 12.9 Å². The van der Waals surface area contributed by atoms with Gasteiger partial charge < -0.3 is 4.90 Å². The van der Waals surface area contributed by atoms with E-state index in [2.05, 4.69) is 10.1 Å².